The fourth-order valence-corrected chi connectivity index (χ4v) is 5.99. The molecule has 2 aliphatic heterocycles. The van der Waals surface area contributed by atoms with E-state index in [1.54, 1.807) is 12.3 Å². The molecule has 214 valence electrons. The monoisotopic (exact) mass is 566 g/mol. The van der Waals surface area contributed by atoms with Gasteiger partial charge in [0.25, 0.3) is 0 Å². The van der Waals surface area contributed by atoms with Gasteiger partial charge in [-0.15, -0.1) is 6.42 Å². The second-order valence-corrected chi connectivity index (χ2v) is 11.1. The van der Waals surface area contributed by atoms with E-state index in [9.17, 15) is 9.65 Å². The molecule has 42 heavy (non-hydrogen) atoms. The molecule has 1 N–H and O–H groups in total. The van der Waals surface area contributed by atoms with Crippen molar-refractivity contribution in [2.45, 2.75) is 25.3 Å². The molecule has 4 aromatic rings. The number of hydrogen-bond acceptors (Lipinski definition) is 8. The van der Waals surface area contributed by atoms with Crippen molar-refractivity contribution in [2.75, 3.05) is 63.2 Å². The number of likely N-dealkylation sites (N-methyl/N-ethyl adjacent to an activating group) is 2. The number of hydrogen-bond donors (Lipinski definition) is 1. The molecule has 0 aliphatic carbocycles. The zero-order valence-electron chi connectivity index (χ0n) is 23.8. The van der Waals surface area contributed by atoms with Crippen LogP contribution in [0.2, 0.25) is 0 Å². The highest BCUT2D eigenvalue weighted by Crippen LogP contribution is 2.37. The normalized spacial score (nSPS) is 17.8. The van der Waals surface area contributed by atoms with Gasteiger partial charge < -0.3 is 20.0 Å². The number of piperidine rings is 1. The minimum Gasteiger partial charge on any atom is -0.357 e. The summed E-state index contributed by atoms with van der Waals surface area (Å²) in [6, 6.07) is 8.32. The number of anilines is 2. The van der Waals surface area contributed by atoms with Crippen molar-refractivity contribution in [3.8, 4) is 29.7 Å². The lowest BCUT2D eigenvalue weighted by atomic mass is 9.94. The first-order chi connectivity index (χ1) is 20.4. The summed E-state index contributed by atoms with van der Waals surface area (Å²) in [5.74, 6) is 2.19. The fourth-order valence-electron chi connectivity index (χ4n) is 5.99. The number of nitriles is 1. The molecular formula is C32H32F2N8. The lowest BCUT2D eigenvalue weighted by Crippen LogP contribution is -2.45. The maximum Gasteiger partial charge on any atom is 0.228 e. The van der Waals surface area contributed by atoms with Crippen molar-refractivity contribution in [1.82, 2.24) is 25.2 Å². The lowest BCUT2D eigenvalue weighted by Gasteiger charge is -2.33. The number of rotatable bonds is 5. The minimum atomic E-state index is -0.667. The smallest absolute Gasteiger partial charge is 0.228 e. The first-order valence-electron chi connectivity index (χ1n) is 14.3. The van der Waals surface area contributed by atoms with E-state index in [1.165, 1.54) is 18.2 Å². The second kappa shape index (κ2) is 11.5. The van der Waals surface area contributed by atoms with Gasteiger partial charge in [-0.2, -0.15) is 10.2 Å². The number of fused-ring (bicyclic) bond motifs is 2. The Bertz CT molecular complexity index is 1740. The third-order valence-corrected chi connectivity index (χ3v) is 8.30. The Morgan fingerprint density at radius 2 is 1.95 bits per heavy atom. The third-order valence-electron chi connectivity index (χ3n) is 8.30. The van der Waals surface area contributed by atoms with E-state index in [0.717, 1.165) is 38.9 Å². The first kappa shape index (κ1) is 27.8. The Labute approximate surface area is 244 Å². The number of halogens is 2. The molecule has 2 aromatic carbocycles. The highest BCUT2D eigenvalue weighted by Gasteiger charge is 2.26. The Morgan fingerprint density at radius 1 is 1.14 bits per heavy atom. The van der Waals surface area contributed by atoms with Crippen molar-refractivity contribution in [3.05, 3.63) is 53.2 Å². The number of benzene rings is 2. The van der Waals surface area contributed by atoms with Crippen LogP contribution in [0.5, 0.6) is 0 Å². The molecule has 0 amide bonds. The van der Waals surface area contributed by atoms with E-state index >= 15 is 4.39 Å². The molecule has 10 heteroatoms. The van der Waals surface area contributed by atoms with Crippen LogP contribution < -0.4 is 15.1 Å². The summed E-state index contributed by atoms with van der Waals surface area (Å²) in [5, 5.41) is 14.6. The van der Waals surface area contributed by atoms with Crippen molar-refractivity contribution < 1.29 is 8.78 Å². The SMILES string of the molecule is C#Cc1c(F)ccc2cc(C#N)cc(-c3ncc4c(N(C)C[C@@H]5CCCCN5)nc(N5CCN(C)CC5)nc4c3F)c12. The zero-order valence-corrected chi connectivity index (χ0v) is 23.8. The Hall–Kier alpha value is -4.38. The summed E-state index contributed by atoms with van der Waals surface area (Å²) in [7, 11) is 4.03. The molecule has 0 radical (unpaired) electrons. The summed E-state index contributed by atoms with van der Waals surface area (Å²) in [4.78, 5) is 20.6. The van der Waals surface area contributed by atoms with E-state index in [4.69, 9.17) is 16.4 Å². The predicted molar refractivity (Wildman–Crippen MR) is 161 cm³/mol. The van der Waals surface area contributed by atoms with Crippen LogP contribution in [0, 0.1) is 35.3 Å². The predicted octanol–water partition coefficient (Wildman–Crippen LogP) is 4.31. The molecule has 4 heterocycles. The Balaban J connectivity index is 1.55. The third kappa shape index (κ3) is 5.09. The molecule has 0 spiro atoms. The second-order valence-electron chi connectivity index (χ2n) is 11.1. The number of nitrogens with one attached hydrogen (secondary N) is 1. The van der Waals surface area contributed by atoms with Gasteiger partial charge >= 0.3 is 0 Å². The van der Waals surface area contributed by atoms with Gasteiger partial charge in [-0.1, -0.05) is 18.4 Å². The number of terminal acetylenes is 1. The summed E-state index contributed by atoms with van der Waals surface area (Å²) in [6.07, 6.45) is 10.7. The van der Waals surface area contributed by atoms with E-state index in [-0.39, 0.29) is 27.9 Å². The van der Waals surface area contributed by atoms with E-state index in [0.29, 0.717) is 53.6 Å². The molecule has 2 saturated heterocycles. The van der Waals surface area contributed by atoms with Gasteiger partial charge in [0, 0.05) is 63.0 Å². The highest BCUT2D eigenvalue weighted by molar-refractivity contribution is 6.03. The Kier molecular flexibility index (Phi) is 7.59. The molecule has 0 unspecified atom stereocenters. The first-order valence-corrected chi connectivity index (χ1v) is 14.3. The molecule has 0 bridgehead atoms. The van der Waals surface area contributed by atoms with Gasteiger partial charge in [-0.25, -0.2) is 13.8 Å². The largest absolute Gasteiger partial charge is 0.357 e. The van der Waals surface area contributed by atoms with E-state index < -0.39 is 11.6 Å². The minimum absolute atomic E-state index is 0.00509. The number of nitrogens with zero attached hydrogens (tertiary/aromatic N) is 7. The summed E-state index contributed by atoms with van der Waals surface area (Å²) in [6.45, 7) is 4.80. The van der Waals surface area contributed by atoms with Crippen LogP contribution in [0.4, 0.5) is 20.5 Å². The van der Waals surface area contributed by atoms with Crippen LogP contribution in [0.25, 0.3) is 32.9 Å². The maximum atomic E-state index is 16.7. The van der Waals surface area contributed by atoms with E-state index in [2.05, 4.69) is 39.1 Å². The molecule has 0 saturated carbocycles. The van der Waals surface area contributed by atoms with E-state index in [1.807, 2.05) is 11.9 Å². The number of pyridine rings is 1. The van der Waals surface area contributed by atoms with Gasteiger partial charge in [-0.05, 0) is 50.0 Å². The summed E-state index contributed by atoms with van der Waals surface area (Å²) in [5.41, 5.74) is 0.606. The van der Waals surface area contributed by atoms with Crippen LogP contribution in [0.15, 0.2) is 30.5 Å². The van der Waals surface area contributed by atoms with Gasteiger partial charge in [0.05, 0.1) is 22.6 Å². The van der Waals surface area contributed by atoms with Crippen molar-refractivity contribution in [2.24, 2.45) is 0 Å². The number of piperazine rings is 1. The molecule has 2 aliphatic rings. The summed E-state index contributed by atoms with van der Waals surface area (Å²) < 4.78 is 31.5. The van der Waals surface area contributed by atoms with Crippen molar-refractivity contribution >= 4 is 33.4 Å². The average molecular weight is 567 g/mol. The summed E-state index contributed by atoms with van der Waals surface area (Å²) >= 11 is 0. The molecule has 2 fully saturated rings. The van der Waals surface area contributed by atoms with Crippen LogP contribution in [0.3, 0.4) is 0 Å². The Morgan fingerprint density at radius 3 is 2.67 bits per heavy atom. The lowest BCUT2D eigenvalue weighted by molar-refractivity contribution is 0.311. The standard InChI is InChI=1S/C32H32F2N8/c1-4-23-26(33)9-8-21-15-20(17-35)16-24(27(21)23)29-28(34)30-25(18-37-29)31(41(3)19-22-7-5-6-10-36-22)39-32(38-30)42-13-11-40(2)12-14-42/h1,8-9,15-16,18,22,36H,5-7,10-14,19H2,2-3H3/t22-/m0/s1. The van der Waals surface area contributed by atoms with Crippen molar-refractivity contribution in [1.29, 1.82) is 5.26 Å². The van der Waals surface area contributed by atoms with Gasteiger partial charge in [0.2, 0.25) is 5.95 Å². The quantitative estimate of drug-likeness (QED) is 0.358. The van der Waals surface area contributed by atoms with Gasteiger partial charge in [0.1, 0.15) is 22.8 Å². The zero-order chi connectivity index (χ0) is 29.4. The maximum absolute atomic E-state index is 16.7. The average Bonchev–Trinajstić information content (AvgIpc) is 3.01. The van der Waals surface area contributed by atoms with Gasteiger partial charge in [-0.3, -0.25) is 4.98 Å². The molecular weight excluding hydrogens is 534 g/mol. The van der Waals surface area contributed by atoms with Crippen LogP contribution in [0.1, 0.15) is 30.4 Å². The highest BCUT2D eigenvalue weighted by atomic mass is 19.1. The molecule has 8 nitrogen and oxygen atoms in total. The van der Waals surface area contributed by atoms with Crippen molar-refractivity contribution in [3.63, 3.8) is 0 Å². The molecule has 1 atom stereocenters. The van der Waals surface area contributed by atoms with Crippen LogP contribution in [-0.2, 0) is 0 Å². The number of aromatic nitrogens is 3. The fraction of sp³-hybridized carbons (Fsp3) is 0.375. The van der Waals surface area contributed by atoms with Crippen LogP contribution in [-0.4, -0.2) is 79.3 Å². The molecule has 2 aromatic heterocycles. The topological polar surface area (TPSA) is 84.2 Å². The van der Waals surface area contributed by atoms with Gasteiger partial charge in [0.15, 0.2) is 5.82 Å². The molecule has 6 rings (SSSR count). The van der Waals surface area contributed by atoms with Crippen LogP contribution >= 0.6 is 0 Å².